The predicted octanol–water partition coefficient (Wildman–Crippen LogP) is 3.27. The molecule has 0 aliphatic carbocycles. The number of H-pyrrole nitrogens is 1. The highest BCUT2D eigenvalue weighted by Gasteiger charge is 2.19. The summed E-state index contributed by atoms with van der Waals surface area (Å²) in [5, 5.41) is -0.274. The minimum atomic E-state index is -1.73. The zero-order valence-electron chi connectivity index (χ0n) is 8.19. The van der Waals surface area contributed by atoms with Crippen molar-refractivity contribution in [2.24, 2.45) is 0 Å². The molecule has 86 valence electrons. The maximum Gasteiger partial charge on any atom is 0.230 e. The molecule has 2 aromatic heterocycles. The van der Waals surface area contributed by atoms with E-state index in [4.69, 9.17) is 0 Å². The maximum atomic E-state index is 13.6. The van der Waals surface area contributed by atoms with Crippen molar-refractivity contribution in [3.63, 3.8) is 0 Å². The Morgan fingerprint density at radius 2 is 1.82 bits per heavy atom. The lowest BCUT2D eigenvalue weighted by molar-refractivity contribution is 0.433. The van der Waals surface area contributed by atoms with Crippen LogP contribution in [0.4, 0.5) is 17.6 Å². The SMILES string of the molecule is Fc1[nH]c2c(c(F)cc3nccc32)c(F)c1F. The van der Waals surface area contributed by atoms with Gasteiger partial charge in [0.1, 0.15) is 5.82 Å². The van der Waals surface area contributed by atoms with Crippen molar-refractivity contribution < 1.29 is 17.6 Å². The molecule has 0 bridgehead atoms. The van der Waals surface area contributed by atoms with Gasteiger partial charge >= 0.3 is 0 Å². The van der Waals surface area contributed by atoms with E-state index in [0.717, 1.165) is 6.07 Å². The third-order valence-electron chi connectivity index (χ3n) is 2.59. The second kappa shape index (κ2) is 3.19. The molecular weight excluding hydrogens is 236 g/mol. The van der Waals surface area contributed by atoms with Gasteiger partial charge in [-0.05, 0) is 6.07 Å². The highest BCUT2D eigenvalue weighted by molar-refractivity contribution is 6.04. The van der Waals surface area contributed by atoms with Gasteiger partial charge in [0.25, 0.3) is 0 Å². The van der Waals surface area contributed by atoms with E-state index in [2.05, 4.69) is 4.98 Å². The number of benzene rings is 1. The van der Waals surface area contributed by atoms with E-state index in [9.17, 15) is 17.6 Å². The second-order valence-corrected chi connectivity index (χ2v) is 3.55. The van der Waals surface area contributed by atoms with E-state index < -0.39 is 28.8 Å². The van der Waals surface area contributed by atoms with Gasteiger partial charge in [0.2, 0.25) is 11.8 Å². The quantitative estimate of drug-likeness (QED) is 0.474. The number of pyridine rings is 1. The number of rotatable bonds is 0. The van der Waals surface area contributed by atoms with Crippen molar-refractivity contribution in [2.75, 3.05) is 0 Å². The van der Waals surface area contributed by atoms with Gasteiger partial charge in [-0.15, -0.1) is 0 Å². The highest BCUT2D eigenvalue weighted by Crippen LogP contribution is 2.29. The molecule has 0 saturated heterocycles. The van der Waals surface area contributed by atoms with Crippen LogP contribution in [0.15, 0.2) is 18.3 Å². The Labute approximate surface area is 91.9 Å². The molecular formula is C11H4F4N2. The first-order chi connectivity index (χ1) is 8.09. The van der Waals surface area contributed by atoms with Crippen molar-refractivity contribution >= 4 is 21.8 Å². The summed E-state index contributed by atoms with van der Waals surface area (Å²) in [4.78, 5) is 5.82. The molecule has 0 fully saturated rings. The largest absolute Gasteiger partial charge is 0.328 e. The lowest BCUT2D eigenvalue weighted by Gasteiger charge is -2.05. The molecule has 3 rings (SSSR count). The molecule has 6 heteroatoms. The molecule has 1 N–H and O–H groups in total. The number of fused-ring (bicyclic) bond motifs is 3. The molecule has 0 spiro atoms. The standard InChI is InChI=1S/C11H4F4N2/c12-5-3-6-4(1-2-16-6)10-7(5)8(13)9(14)11(15)17-10/h1-3,17H. The van der Waals surface area contributed by atoms with Crippen LogP contribution in [0.25, 0.3) is 21.8 Å². The monoisotopic (exact) mass is 240 g/mol. The predicted molar refractivity (Wildman–Crippen MR) is 53.4 cm³/mol. The molecule has 0 aliphatic heterocycles. The van der Waals surface area contributed by atoms with Crippen LogP contribution in [-0.4, -0.2) is 9.97 Å². The fraction of sp³-hybridized carbons (Fsp3) is 0. The van der Waals surface area contributed by atoms with Gasteiger partial charge in [-0.25, -0.2) is 8.78 Å². The normalized spacial score (nSPS) is 11.5. The van der Waals surface area contributed by atoms with E-state index in [-0.39, 0.29) is 11.0 Å². The first kappa shape index (κ1) is 10.1. The molecule has 0 radical (unpaired) electrons. The van der Waals surface area contributed by atoms with E-state index in [1.54, 1.807) is 0 Å². The Bertz CT molecular complexity index is 748. The van der Waals surface area contributed by atoms with Crippen LogP contribution in [0.1, 0.15) is 0 Å². The van der Waals surface area contributed by atoms with E-state index in [0.29, 0.717) is 5.39 Å². The minimum Gasteiger partial charge on any atom is -0.328 e. The van der Waals surface area contributed by atoms with Crippen molar-refractivity contribution in [1.29, 1.82) is 0 Å². The van der Waals surface area contributed by atoms with Crippen LogP contribution in [0.2, 0.25) is 0 Å². The topological polar surface area (TPSA) is 28.7 Å². The molecule has 17 heavy (non-hydrogen) atoms. The molecule has 0 amide bonds. The fourth-order valence-corrected chi connectivity index (χ4v) is 1.83. The minimum absolute atomic E-state index is 0.145. The fourth-order valence-electron chi connectivity index (χ4n) is 1.83. The Morgan fingerprint density at radius 3 is 2.59 bits per heavy atom. The number of nitrogens with one attached hydrogen (secondary N) is 1. The molecule has 1 aromatic carbocycles. The molecule has 2 nitrogen and oxygen atoms in total. The summed E-state index contributed by atoms with van der Waals surface area (Å²) >= 11 is 0. The highest BCUT2D eigenvalue weighted by atomic mass is 19.2. The van der Waals surface area contributed by atoms with Crippen molar-refractivity contribution in [3.05, 3.63) is 41.7 Å². The molecule has 0 atom stereocenters. The summed E-state index contributed by atoms with van der Waals surface area (Å²) in [5.74, 6) is -5.73. The summed E-state index contributed by atoms with van der Waals surface area (Å²) < 4.78 is 53.1. The van der Waals surface area contributed by atoms with Gasteiger partial charge in [0, 0.05) is 17.6 Å². The van der Waals surface area contributed by atoms with Gasteiger partial charge in [0.15, 0.2) is 5.82 Å². The van der Waals surface area contributed by atoms with Crippen molar-refractivity contribution in [3.8, 4) is 0 Å². The molecule has 0 aliphatic rings. The molecule has 2 heterocycles. The zero-order chi connectivity index (χ0) is 12.2. The first-order valence-electron chi connectivity index (χ1n) is 4.69. The van der Waals surface area contributed by atoms with Crippen LogP contribution in [0.5, 0.6) is 0 Å². The Balaban J connectivity index is 2.66. The van der Waals surface area contributed by atoms with E-state index >= 15 is 0 Å². The average molecular weight is 240 g/mol. The van der Waals surface area contributed by atoms with Crippen LogP contribution in [-0.2, 0) is 0 Å². The molecule has 3 aromatic rings. The van der Waals surface area contributed by atoms with Crippen molar-refractivity contribution in [1.82, 2.24) is 9.97 Å². The summed E-state index contributed by atoms with van der Waals surface area (Å²) in [6.45, 7) is 0. The van der Waals surface area contributed by atoms with Gasteiger partial charge in [-0.1, -0.05) is 0 Å². The second-order valence-electron chi connectivity index (χ2n) is 3.55. The first-order valence-corrected chi connectivity index (χ1v) is 4.69. The Kier molecular flexibility index (Phi) is 1.89. The van der Waals surface area contributed by atoms with Crippen LogP contribution < -0.4 is 0 Å². The number of aromatic amines is 1. The van der Waals surface area contributed by atoms with Crippen LogP contribution in [0.3, 0.4) is 0 Å². The number of nitrogens with zero attached hydrogens (tertiary/aromatic N) is 1. The number of aromatic nitrogens is 2. The van der Waals surface area contributed by atoms with Crippen LogP contribution in [0, 0.1) is 23.4 Å². The van der Waals surface area contributed by atoms with Gasteiger partial charge < -0.3 is 4.98 Å². The summed E-state index contributed by atoms with van der Waals surface area (Å²) in [7, 11) is 0. The molecule has 0 saturated carbocycles. The number of halogens is 4. The third kappa shape index (κ3) is 1.23. The van der Waals surface area contributed by atoms with Gasteiger partial charge in [0.05, 0.1) is 16.4 Å². The van der Waals surface area contributed by atoms with Gasteiger partial charge in [-0.2, -0.15) is 8.78 Å². The van der Waals surface area contributed by atoms with Crippen LogP contribution >= 0.6 is 0 Å². The van der Waals surface area contributed by atoms with E-state index in [1.807, 2.05) is 4.98 Å². The Hall–Kier alpha value is -2.11. The molecule has 0 unspecified atom stereocenters. The summed E-state index contributed by atoms with van der Waals surface area (Å²) in [6, 6.07) is 2.44. The maximum absolute atomic E-state index is 13.6. The number of hydrogen-bond acceptors (Lipinski definition) is 1. The lowest BCUT2D eigenvalue weighted by Crippen LogP contribution is -1.99. The smallest absolute Gasteiger partial charge is 0.230 e. The van der Waals surface area contributed by atoms with Gasteiger partial charge in [-0.3, -0.25) is 4.98 Å². The van der Waals surface area contributed by atoms with Crippen molar-refractivity contribution in [2.45, 2.75) is 0 Å². The third-order valence-corrected chi connectivity index (χ3v) is 2.59. The zero-order valence-corrected chi connectivity index (χ0v) is 8.19. The van der Waals surface area contributed by atoms with E-state index in [1.165, 1.54) is 12.3 Å². The average Bonchev–Trinajstić information content (AvgIpc) is 2.73. The summed E-state index contributed by atoms with van der Waals surface area (Å²) in [5.41, 5.74) is 0.102. The Morgan fingerprint density at radius 1 is 1.06 bits per heavy atom. The summed E-state index contributed by atoms with van der Waals surface area (Å²) in [6.07, 6.45) is 1.37. The number of hydrogen-bond donors (Lipinski definition) is 1. The lowest BCUT2D eigenvalue weighted by atomic mass is 10.1.